The zero-order chi connectivity index (χ0) is 20.4. The van der Waals surface area contributed by atoms with Gasteiger partial charge in [-0.1, -0.05) is 18.2 Å². The smallest absolute Gasteiger partial charge is 0.279 e. The molecule has 0 fully saturated rings. The normalized spacial score (nSPS) is 11.2. The van der Waals surface area contributed by atoms with Crippen LogP contribution in [0.1, 0.15) is 30.1 Å². The topological polar surface area (TPSA) is 96.5 Å². The maximum absolute atomic E-state index is 12.8. The molecule has 8 heteroatoms. The minimum Gasteiger partial charge on any atom is -0.481 e. The van der Waals surface area contributed by atoms with Gasteiger partial charge in [0.05, 0.1) is 0 Å². The lowest BCUT2D eigenvalue weighted by Crippen LogP contribution is -2.47. The zero-order valence-corrected chi connectivity index (χ0v) is 15.4. The van der Waals surface area contributed by atoms with Gasteiger partial charge in [-0.3, -0.25) is 25.2 Å². The van der Waals surface area contributed by atoms with Crippen LogP contribution in [0.5, 0.6) is 5.75 Å². The van der Waals surface area contributed by atoms with Gasteiger partial charge in [0.2, 0.25) is 5.91 Å². The maximum atomic E-state index is 12.8. The molecule has 2 rings (SSSR count). The Balaban J connectivity index is 1.61. The Labute approximate surface area is 162 Å². The summed E-state index contributed by atoms with van der Waals surface area (Å²) in [6.07, 6.45) is -0.333. The largest absolute Gasteiger partial charge is 0.481 e. The van der Waals surface area contributed by atoms with Crippen LogP contribution in [-0.4, -0.2) is 30.4 Å². The molecule has 2 aromatic rings. The van der Waals surface area contributed by atoms with Crippen LogP contribution in [-0.2, 0) is 9.59 Å². The summed E-state index contributed by atoms with van der Waals surface area (Å²) in [6, 6.07) is 14.0. The predicted octanol–water partition coefficient (Wildman–Crippen LogP) is 1.95. The molecule has 0 spiro atoms. The first-order chi connectivity index (χ1) is 13.5. The van der Waals surface area contributed by atoms with Crippen LogP contribution in [0.25, 0.3) is 0 Å². The van der Waals surface area contributed by atoms with Gasteiger partial charge in [0.25, 0.3) is 11.8 Å². The second-order valence-electron chi connectivity index (χ2n) is 5.98. The molecule has 28 heavy (non-hydrogen) atoms. The highest BCUT2D eigenvalue weighted by Gasteiger charge is 2.15. The fourth-order valence-corrected chi connectivity index (χ4v) is 2.21. The fraction of sp³-hybridized carbons (Fsp3) is 0.250. The minimum atomic E-state index is -0.879. The first kappa shape index (κ1) is 20.9. The van der Waals surface area contributed by atoms with Crippen LogP contribution in [0.2, 0.25) is 0 Å². The average molecular weight is 387 g/mol. The monoisotopic (exact) mass is 387 g/mol. The van der Waals surface area contributed by atoms with Gasteiger partial charge in [0.1, 0.15) is 11.6 Å². The van der Waals surface area contributed by atoms with Crippen molar-refractivity contribution in [3.63, 3.8) is 0 Å². The molecule has 0 radical (unpaired) electrons. The number of hydrogen-bond acceptors (Lipinski definition) is 4. The molecule has 0 aliphatic rings. The fourth-order valence-electron chi connectivity index (χ4n) is 2.21. The van der Waals surface area contributed by atoms with Crippen LogP contribution >= 0.6 is 0 Å². The van der Waals surface area contributed by atoms with E-state index in [0.717, 1.165) is 0 Å². The number of hydrogen-bond donors (Lipinski definition) is 3. The van der Waals surface area contributed by atoms with Crippen LogP contribution in [0, 0.1) is 5.82 Å². The molecule has 148 valence electrons. The lowest BCUT2D eigenvalue weighted by molar-refractivity contribution is -0.132. The van der Waals surface area contributed by atoms with Gasteiger partial charge in [0, 0.05) is 18.5 Å². The molecule has 7 nitrogen and oxygen atoms in total. The molecule has 0 heterocycles. The van der Waals surface area contributed by atoms with E-state index in [1.165, 1.54) is 31.2 Å². The molecule has 1 atom stereocenters. The minimum absolute atomic E-state index is 0.128. The van der Waals surface area contributed by atoms with Crippen molar-refractivity contribution in [2.24, 2.45) is 0 Å². The van der Waals surface area contributed by atoms with Crippen molar-refractivity contribution in [2.45, 2.75) is 25.9 Å². The van der Waals surface area contributed by atoms with Gasteiger partial charge in [0.15, 0.2) is 6.10 Å². The van der Waals surface area contributed by atoms with Crippen LogP contribution in [0.3, 0.4) is 0 Å². The van der Waals surface area contributed by atoms with E-state index in [1.54, 1.807) is 24.3 Å². The number of ether oxygens (including phenoxy) is 1. The highest BCUT2D eigenvalue weighted by molar-refractivity contribution is 5.94. The van der Waals surface area contributed by atoms with Gasteiger partial charge in [-0.05, 0) is 49.7 Å². The van der Waals surface area contributed by atoms with Gasteiger partial charge in [-0.25, -0.2) is 4.39 Å². The number of rotatable bonds is 8. The number of amides is 3. The summed E-state index contributed by atoms with van der Waals surface area (Å²) in [5, 5.41) is 2.72. The van der Waals surface area contributed by atoms with Gasteiger partial charge in [-0.2, -0.15) is 0 Å². The van der Waals surface area contributed by atoms with E-state index in [1.807, 2.05) is 6.07 Å². The van der Waals surface area contributed by atoms with E-state index < -0.39 is 23.7 Å². The summed E-state index contributed by atoms with van der Waals surface area (Å²) in [6.45, 7) is 1.84. The lowest BCUT2D eigenvalue weighted by Gasteiger charge is -2.15. The van der Waals surface area contributed by atoms with Crippen molar-refractivity contribution >= 4 is 17.7 Å². The van der Waals surface area contributed by atoms with Crippen LogP contribution < -0.4 is 20.9 Å². The van der Waals surface area contributed by atoms with E-state index in [4.69, 9.17) is 4.74 Å². The highest BCUT2D eigenvalue weighted by Crippen LogP contribution is 2.12. The Hall–Kier alpha value is -3.42. The quantitative estimate of drug-likeness (QED) is 0.476. The number of carbonyl (C=O) groups excluding carboxylic acids is 3. The summed E-state index contributed by atoms with van der Waals surface area (Å²) in [7, 11) is 0. The molecule has 0 saturated carbocycles. The van der Waals surface area contributed by atoms with E-state index in [-0.39, 0.29) is 12.3 Å². The molecule has 0 aliphatic heterocycles. The summed E-state index contributed by atoms with van der Waals surface area (Å²) < 4.78 is 18.2. The number of hydrazine groups is 1. The van der Waals surface area contributed by atoms with E-state index in [2.05, 4.69) is 16.2 Å². The SMILES string of the molecule is CC(Oc1ccc(F)cc1)C(=O)NNC(=O)CCCNC(=O)c1ccccc1. The molecule has 3 N–H and O–H groups in total. The molecule has 2 aromatic carbocycles. The van der Waals surface area contributed by atoms with Crippen molar-refractivity contribution in [3.05, 3.63) is 66.0 Å². The zero-order valence-electron chi connectivity index (χ0n) is 15.4. The Morgan fingerprint density at radius 1 is 1.00 bits per heavy atom. The van der Waals surface area contributed by atoms with Crippen LogP contribution in [0.4, 0.5) is 4.39 Å². The van der Waals surface area contributed by atoms with Crippen molar-refractivity contribution in [3.8, 4) is 5.75 Å². The summed E-state index contributed by atoms with van der Waals surface area (Å²) in [5.41, 5.74) is 5.10. The molecule has 0 aliphatic carbocycles. The van der Waals surface area contributed by atoms with E-state index in [0.29, 0.717) is 24.3 Å². The van der Waals surface area contributed by atoms with E-state index in [9.17, 15) is 18.8 Å². The summed E-state index contributed by atoms with van der Waals surface area (Å²) in [4.78, 5) is 35.5. The van der Waals surface area contributed by atoms with Crippen molar-refractivity contribution in [1.29, 1.82) is 0 Å². The Morgan fingerprint density at radius 3 is 2.36 bits per heavy atom. The highest BCUT2D eigenvalue weighted by atomic mass is 19.1. The van der Waals surface area contributed by atoms with E-state index >= 15 is 0 Å². The first-order valence-electron chi connectivity index (χ1n) is 8.80. The second kappa shape index (κ2) is 10.7. The molecule has 0 bridgehead atoms. The average Bonchev–Trinajstić information content (AvgIpc) is 2.71. The number of carbonyl (C=O) groups is 3. The molecule has 3 amide bonds. The summed E-state index contributed by atoms with van der Waals surface area (Å²) >= 11 is 0. The maximum Gasteiger partial charge on any atom is 0.279 e. The lowest BCUT2D eigenvalue weighted by atomic mass is 10.2. The Morgan fingerprint density at radius 2 is 1.68 bits per heavy atom. The van der Waals surface area contributed by atoms with Crippen molar-refractivity contribution in [2.75, 3.05) is 6.54 Å². The third-order valence-corrected chi connectivity index (χ3v) is 3.72. The van der Waals surface area contributed by atoms with Gasteiger partial charge < -0.3 is 10.1 Å². The molecule has 0 saturated heterocycles. The Kier molecular flexibility index (Phi) is 7.95. The number of halogens is 1. The third-order valence-electron chi connectivity index (χ3n) is 3.72. The first-order valence-corrected chi connectivity index (χ1v) is 8.80. The van der Waals surface area contributed by atoms with Crippen molar-refractivity contribution in [1.82, 2.24) is 16.2 Å². The Bertz CT molecular complexity index is 797. The van der Waals surface area contributed by atoms with Gasteiger partial charge in [-0.15, -0.1) is 0 Å². The molecule has 0 aromatic heterocycles. The number of nitrogens with one attached hydrogen (secondary N) is 3. The van der Waals surface area contributed by atoms with Gasteiger partial charge >= 0.3 is 0 Å². The van der Waals surface area contributed by atoms with Crippen LogP contribution in [0.15, 0.2) is 54.6 Å². The van der Waals surface area contributed by atoms with Crippen molar-refractivity contribution < 1.29 is 23.5 Å². The number of benzene rings is 2. The molecular formula is C20H22FN3O4. The predicted molar refractivity (Wildman–Crippen MR) is 101 cm³/mol. The standard InChI is InChI=1S/C20H22FN3O4/c1-14(28-17-11-9-16(21)10-12-17)19(26)24-23-18(25)8-5-13-22-20(27)15-6-3-2-4-7-15/h2-4,6-7,9-12,14H,5,8,13H2,1H3,(H,22,27)(H,23,25)(H,24,26). The molecule has 1 unspecified atom stereocenters. The third kappa shape index (κ3) is 7.06. The molecular weight excluding hydrogens is 365 g/mol. The summed E-state index contributed by atoms with van der Waals surface area (Å²) in [5.74, 6) is -1.21. The second-order valence-corrected chi connectivity index (χ2v) is 5.98.